The largest absolute Gasteiger partial charge is 0.378 e. The summed E-state index contributed by atoms with van der Waals surface area (Å²) in [4.78, 5) is 12.3. The Labute approximate surface area is 92.6 Å². The van der Waals surface area contributed by atoms with E-state index < -0.39 is 0 Å². The summed E-state index contributed by atoms with van der Waals surface area (Å²) in [5, 5.41) is 8.07. The van der Waals surface area contributed by atoms with E-state index in [1.807, 2.05) is 17.5 Å². The molecule has 0 aromatic carbocycles. The number of morpholine rings is 1. The van der Waals surface area contributed by atoms with Gasteiger partial charge in [-0.1, -0.05) is 6.07 Å². The van der Waals surface area contributed by atoms with Crippen LogP contribution in [0.3, 0.4) is 0 Å². The van der Waals surface area contributed by atoms with Gasteiger partial charge in [0.05, 0.1) is 18.1 Å². The van der Waals surface area contributed by atoms with E-state index in [1.165, 1.54) is 11.3 Å². The molecule has 2 rings (SSSR count). The lowest BCUT2D eigenvalue weighted by molar-refractivity contribution is 0.0735. The van der Waals surface area contributed by atoms with Crippen molar-refractivity contribution in [1.82, 2.24) is 10.6 Å². The van der Waals surface area contributed by atoms with Crippen molar-refractivity contribution >= 4 is 17.2 Å². The van der Waals surface area contributed by atoms with E-state index in [0.717, 1.165) is 18.0 Å². The molecule has 1 aliphatic rings. The van der Waals surface area contributed by atoms with Crippen LogP contribution in [-0.4, -0.2) is 38.3 Å². The van der Waals surface area contributed by atoms with Crippen molar-refractivity contribution in [2.45, 2.75) is 6.04 Å². The molecule has 1 amide bonds. The molecule has 5 heteroatoms. The molecule has 15 heavy (non-hydrogen) atoms. The highest BCUT2D eigenvalue weighted by Crippen LogP contribution is 2.07. The Bertz CT molecular complexity index is 307. The molecule has 0 bridgehead atoms. The smallest absolute Gasteiger partial charge is 0.261 e. The molecule has 0 saturated carbocycles. The second-order valence-electron chi connectivity index (χ2n) is 3.41. The highest BCUT2D eigenvalue weighted by Gasteiger charge is 2.14. The van der Waals surface area contributed by atoms with Crippen molar-refractivity contribution in [1.29, 1.82) is 0 Å². The minimum atomic E-state index is -0.00243. The van der Waals surface area contributed by atoms with Gasteiger partial charge in [0.25, 0.3) is 5.91 Å². The fourth-order valence-electron chi connectivity index (χ4n) is 1.46. The fourth-order valence-corrected chi connectivity index (χ4v) is 2.10. The average molecular weight is 226 g/mol. The van der Waals surface area contributed by atoms with Gasteiger partial charge < -0.3 is 15.4 Å². The van der Waals surface area contributed by atoms with Crippen LogP contribution in [0.15, 0.2) is 17.5 Å². The first-order valence-corrected chi connectivity index (χ1v) is 5.87. The van der Waals surface area contributed by atoms with Crippen molar-refractivity contribution in [2.75, 3.05) is 26.3 Å². The van der Waals surface area contributed by atoms with Crippen molar-refractivity contribution < 1.29 is 9.53 Å². The molecule has 2 heterocycles. The molecular formula is C10H14N2O2S. The quantitative estimate of drug-likeness (QED) is 0.787. The van der Waals surface area contributed by atoms with E-state index >= 15 is 0 Å². The standard InChI is InChI=1S/C10H14N2O2S/c13-10(9-2-1-5-15-9)12-6-8-7-14-4-3-11-8/h1-2,5,8,11H,3-4,6-7H2,(H,12,13). The van der Waals surface area contributed by atoms with Gasteiger partial charge in [-0.3, -0.25) is 4.79 Å². The second-order valence-corrected chi connectivity index (χ2v) is 4.36. The van der Waals surface area contributed by atoms with Crippen LogP contribution < -0.4 is 10.6 Å². The van der Waals surface area contributed by atoms with Crippen LogP contribution in [0.2, 0.25) is 0 Å². The van der Waals surface area contributed by atoms with E-state index in [4.69, 9.17) is 4.74 Å². The van der Waals surface area contributed by atoms with Crippen LogP contribution in [0.25, 0.3) is 0 Å². The lowest BCUT2D eigenvalue weighted by Gasteiger charge is -2.23. The summed E-state index contributed by atoms with van der Waals surface area (Å²) in [5.41, 5.74) is 0. The molecule has 82 valence electrons. The second kappa shape index (κ2) is 5.25. The van der Waals surface area contributed by atoms with Crippen molar-refractivity contribution in [3.63, 3.8) is 0 Å². The summed E-state index contributed by atoms with van der Waals surface area (Å²) in [7, 11) is 0. The molecule has 4 nitrogen and oxygen atoms in total. The van der Waals surface area contributed by atoms with Gasteiger partial charge in [-0.05, 0) is 11.4 Å². The first kappa shape index (κ1) is 10.6. The van der Waals surface area contributed by atoms with Crippen molar-refractivity contribution in [3.8, 4) is 0 Å². The highest BCUT2D eigenvalue weighted by molar-refractivity contribution is 7.12. The van der Waals surface area contributed by atoms with E-state index in [-0.39, 0.29) is 11.9 Å². The van der Waals surface area contributed by atoms with Gasteiger partial charge >= 0.3 is 0 Å². The first-order chi connectivity index (χ1) is 7.36. The fraction of sp³-hybridized carbons (Fsp3) is 0.500. The summed E-state index contributed by atoms with van der Waals surface area (Å²) < 4.78 is 5.29. The van der Waals surface area contributed by atoms with E-state index in [2.05, 4.69) is 10.6 Å². The zero-order valence-corrected chi connectivity index (χ0v) is 9.18. The van der Waals surface area contributed by atoms with E-state index in [9.17, 15) is 4.79 Å². The van der Waals surface area contributed by atoms with Gasteiger partial charge in [0.1, 0.15) is 0 Å². The molecule has 0 aliphatic carbocycles. The van der Waals surface area contributed by atoms with Crippen LogP contribution in [-0.2, 0) is 4.74 Å². The number of rotatable bonds is 3. The Hall–Kier alpha value is -0.910. The predicted octanol–water partition coefficient (Wildman–Crippen LogP) is 0.466. The van der Waals surface area contributed by atoms with Gasteiger partial charge in [0.2, 0.25) is 0 Å². The first-order valence-electron chi connectivity index (χ1n) is 4.99. The number of carbonyl (C=O) groups excluding carboxylic acids is 1. The molecule has 1 saturated heterocycles. The van der Waals surface area contributed by atoms with Crippen LogP contribution >= 0.6 is 11.3 Å². The number of carbonyl (C=O) groups is 1. The van der Waals surface area contributed by atoms with Gasteiger partial charge in [0, 0.05) is 19.1 Å². The van der Waals surface area contributed by atoms with Crippen LogP contribution in [0.4, 0.5) is 0 Å². The topological polar surface area (TPSA) is 50.4 Å². The summed E-state index contributed by atoms with van der Waals surface area (Å²) in [6.45, 7) is 2.91. The Morgan fingerprint density at radius 2 is 2.67 bits per heavy atom. The monoisotopic (exact) mass is 226 g/mol. The number of hydrogen-bond acceptors (Lipinski definition) is 4. The maximum absolute atomic E-state index is 11.6. The number of nitrogens with one attached hydrogen (secondary N) is 2. The Morgan fingerprint density at radius 1 is 1.73 bits per heavy atom. The molecule has 1 fully saturated rings. The van der Waals surface area contributed by atoms with Gasteiger partial charge in [-0.25, -0.2) is 0 Å². The molecule has 1 atom stereocenters. The molecule has 0 radical (unpaired) electrons. The third kappa shape index (κ3) is 3.02. The van der Waals surface area contributed by atoms with E-state index in [1.54, 1.807) is 0 Å². The number of thiophene rings is 1. The summed E-state index contributed by atoms with van der Waals surface area (Å²) in [5.74, 6) is -0.00243. The van der Waals surface area contributed by atoms with Crippen LogP contribution in [0.5, 0.6) is 0 Å². The minimum absolute atomic E-state index is 0.00243. The van der Waals surface area contributed by atoms with Gasteiger partial charge in [-0.2, -0.15) is 0 Å². The molecular weight excluding hydrogens is 212 g/mol. The van der Waals surface area contributed by atoms with Gasteiger partial charge in [-0.15, -0.1) is 11.3 Å². The third-order valence-corrected chi connectivity index (χ3v) is 3.12. The Kier molecular flexibility index (Phi) is 3.71. The third-order valence-electron chi connectivity index (χ3n) is 2.25. The normalized spacial score (nSPS) is 21.2. The number of amides is 1. The summed E-state index contributed by atoms with van der Waals surface area (Å²) in [6, 6.07) is 3.94. The lowest BCUT2D eigenvalue weighted by Crippen LogP contribution is -2.48. The molecule has 1 aromatic rings. The van der Waals surface area contributed by atoms with Crippen LogP contribution in [0.1, 0.15) is 9.67 Å². The maximum atomic E-state index is 11.6. The Balaban J connectivity index is 1.75. The van der Waals surface area contributed by atoms with Crippen LogP contribution in [0, 0.1) is 0 Å². The van der Waals surface area contributed by atoms with E-state index in [0.29, 0.717) is 13.2 Å². The lowest BCUT2D eigenvalue weighted by atomic mass is 10.3. The maximum Gasteiger partial charge on any atom is 0.261 e. The molecule has 1 aliphatic heterocycles. The molecule has 1 aromatic heterocycles. The molecule has 2 N–H and O–H groups in total. The number of ether oxygens (including phenoxy) is 1. The Morgan fingerprint density at radius 3 is 3.33 bits per heavy atom. The zero-order chi connectivity index (χ0) is 10.5. The van der Waals surface area contributed by atoms with Crippen molar-refractivity contribution in [2.24, 2.45) is 0 Å². The average Bonchev–Trinajstić information content (AvgIpc) is 2.81. The summed E-state index contributed by atoms with van der Waals surface area (Å²) in [6.07, 6.45) is 0. The van der Waals surface area contributed by atoms with Gasteiger partial charge in [0.15, 0.2) is 0 Å². The zero-order valence-electron chi connectivity index (χ0n) is 8.36. The molecule has 1 unspecified atom stereocenters. The molecule has 0 spiro atoms. The SMILES string of the molecule is O=C(NCC1COCCN1)c1cccs1. The van der Waals surface area contributed by atoms with Crippen molar-refractivity contribution in [3.05, 3.63) is 22.4 Å². The number of hydrogen-bond donors (Lipinski definition) is 2. The predicted molar refractivity (Wildman–Crippen MR) is 59.3 cm³/mol. The summed E-state index contributed by atoms with van der Waals surface area (Å²) >= 11 is 1.45. The minimum Gasteiger partial charge on any atom is -0.378 e. The highest BCUT2D eigenvalue weighted by atomic mass is 32.1.